The maximum absolute atomic E-state index is 11.5. The van der Waals surface area contributed by atoms with Crippen LogP contribution in [0.25, 0.3) is 0 Å². The van der Waals surface area contributed by atoms with Crippen molar-refractivity contribution in [2.75, 3.05) is 6.61 Å². The van der Waals surface area contributed by atoms with Crippen LogP contribution in [0.4, 0.5) is 0 Å². The number of carbonyl (C=O) groups excluding carboxylic acids is 1. The van der Waals surface area contributed by atoms with Crippen LogP contribution in [0.5, 0.6) is 0 Å². The van der Waals surface area contributed by atoms with Crippen molar-refractivity contribution >= 4 is 16.4 Å². The summed E-state index contributed by atoms with van der Waals surface area (Å²) in [6, 6.07) is 0. The van der Waals surface area contributed by atoms with Gasteiger partial charge >= 0.3 is 5.97 Å². The Morgan fingerprint density at radius 2 is 1.24 bits per heavy atom. The van der Waals surface area contributed by atoms with Crippen LogP contribution in [0.2, 0.25) is 0 Å². The molecule has 0 saturated carbocycles. The Hall–Kier alpha value is -0.660. The highest BCUT2D eigenvalue weighted by Crippen LogP contribution is 2.18. The molecule has 6 nitrogen and oxygen atoms in total. The van der Waals surface area contributed by atoms with Crippen molar-refractivity contribution in [2.24, 2.45) is 0 Å². The lowest BCUT2D eigenvalue weighted by Crippen LogP contribution is -2.18. The summed E-state index contributed by atoms with van der Waals surface area (Å²) in [4.78, 5) is 11.5. The summed E-state index contributed by atoms with van der Waals surface area (Å²) in [6.07, 6.45) is 15.7. The van der Waals surface area contributed by atoms with Gasteiger partial charge in [0, 0.05) is 6.42 Å². The topological polar surface area (TPSA) is 92.7 Å². The van der Waals surface area contributed by atoms with Gasteiger partial charge in [-0.2, -0.15) is 0 Å². The molecule has 29 heavy (non-hydrogen) atoms. The quantitative estimate of drug-likeness (QED) is 0.0943. The highest BCUT2D eigenvalue weighted by molar-refractivity contribution is 7.80. The molecule has 0 aromatic carbocycles. The fourth-order valence-electron chi connectivity index (χ4n) is 3.31. The van der Waals surface area contributed by atoms with Gasteiger partial charge in [0.15, 0.2) is 0 Å². The van der Waals surface area contributed by atoms with Crippen LogP contribution < -0.4 is 0 Å². The average Bonchev–Trinajstić information content (AvgIpc) is 2.65. The summed E-state index contributed by atoms with van der Waals surface area (Å²) in [6.45, 7) is 4.76. The molecule has 0 aromatic rings. The van der Waals surface area contributed by atoms with Crippen LogP contribution in [0.1, 0.15) is 123 Å². The smallest absolute Gasteiger partial charge is 0.305 e. The van der Waals surface area contributed by atoms with E-state index in [-0.39, 0.29) is 5.97 Å². The molecular formula is C22H43O6S-. The second-order valence-corrected chi connectivity index (χ2v) is 8.93. The Morgan fingerprint density at radius 3 is 1.76 bits per heavy atom. The van der Waals surface area contributed by atoms with Crippen LogP contribution in [0.3, 0.4) is 0 Å². The van der Waals surface area contributed by atoms with Gasteiger partial charge in [-0.15, -0.1) is 0 Å². The molecule has 1 unspecified atom stereocenters. The molecule has 0 N–H and O–H groups in total. The van der Waals surface area contributed by atoms with Crippen molar-refractivity contribution in [3.8, 4) is 0 Å². The Bertz CT molecular complexity index is 478. The molecule has 0 radical (unpaired) electrons. The van der Waals surface area contributed by atoms with Crippen LogP contribution in [-0.4, -0.2) is 31.7 Å². The zero-order valence-corrected chi connectivity index (χ0v) is 19.5. The van der Waals surface area contributed by atoms with Crippen molar-refractivity contribution < 1.29 is 26.7 Å². The van der Waals surface area contributed by atoms with Gasteiger partial charge in [0.2, 0.25) is 10.4 Å². The Morgan fingerprint density at radius 1 is 0.759 bits per heavy atom. The summed E-state index contributed by atoms with van der Waals surface area (Å²) < 4.78 is 42.7. The Kier molecular flexibility index (Phi) is 18.9. The fourth-order valence-corrected chi connectivity index (χ4v) is 3.84. The van der Waals surface area contributed by atoms with Crippen molar-refractivity contribution in [3.05, 3.63) is 0 Å². The Balaban J connectivity index is 3.82. The number of carbonyl (C=O) groups is 1. The van der Waals surface area contributed by atoms with Crippen molar-refractivity contribution in [2.45, 2.75) is 129 Å². The number of esters is 1. The van der Waals surface area contributed by atoms with Crippen LogP contribution in [0.15, 0.2) is 0 Å². The lowest BCUT2D eigenvalue weighted by atomic mass is 10.0. The zero-order valence-electron chi connectivity index (χ0n) is 18.7. The second kappa shape index (κ2) is 19.3. The molecule has 0 aliphatic rings. The summed E-state index contributed by atoms with van der Waals surface area (Å²) in [5, 5.41) is 0. The molecule has 0 aliphatic carbocycles. The number of hydrogen-bond donors (Lipinski definition) is 0. The van der Waals surface area contributed by atoms with Crippen molar-refractivity contribution in [1.29, 1.82) is 0 Å². The van der Waals surface area contributed by atoms with E-state index in [0.717, 1.165) is 64.2 Å². The molecule has 0 amide bonds. The van der Waals surface area contributed by atoms with E-state index in [2.05, 4.69) is 13.8 Å². The third-order valence-corrected chi connectivity index (χ3v) is 5.56. The van der Waals surface area contributed by atoms with Gasteiger partial charge in [0.05, 0.1) is 12.7 Å². The van der Waals surface area contributed by atoms with Crippen LogP contribution in [-0.2, 0) is 24.1 Å². The van der Waals surface area contributed by atoms with Gasteiger partial charge in [-0.1, -0.05) is 90.9 Å². The van der Waals surface area contributed by atoms with E-state index in [9.17, 15) is 17.8 Å². The molecular weight excluding hydrogens is 392 g/mol. The molecule has 0 spiro atoms. The molecule has 0 saturated heterocycles. The van der Waals surface area contributed by atoms with E-state index >= 15 is 0 Å². The maximum atomic E-state index is 11.5. The molecule has 1 atom stereocenters. The van der Waals surface area contributed by atoms with Gasteiger partial charge in [-0.05, 0) is 25.7 Å². The van der Waals surface area contributed by atoms with Gasteiger partial charge in [-0.3, -0.25) is 8.98 Å². The molecule has 174 valence electrons. The minimum absolute atomic E-state index is 0.123. The summed E-state index contributed by atoms with van der Waals surface area (Å²) in [7, 11) is -4.65. The predicted octanol–water partition coefficient (Wildman–Crippen LogP) is 6.05. The maximum Gasteiger partial charge on any atom is 0.305 e. The van der Waals surface area contributed by atoms with Crippen molar-refractivity contribution in [1.82, 2.24) is 0 Å². The van der Waals surface area contributed by atoms with Crippen LogP contribution >= 0.6 is 0 Å². The first-order valence-electron chi connectivity index (χ1n) is 11.7. The van der Waals surface area contributed by atoms with Crippen molar-refractivity contribution in [3.63, 3.8) is 0 Å². The monoisotopic (exact) mass is 435 g/mol. The van der Waals surface area contributed by atoms with Gasteiger partial charge in [0.1, 0.15) is 0 Å². The molecule has 7 heteroatoms. The third-order valence-electron chi connectivity index (χ3n) is 5.05. The zero-order chi connectivity index (χ0) is 21.8. The van der Waals surface area contributed by atoms with Gasteiger partial charge in [-0.25, -0.2) is 8.42 Å². The van der Waals surface area contributed by atoms with E-state index in [4.69, 9.17) is 8.92 Å². The lowest BCUT2D eigenvalue weighted by molar-refractivity contribution is -0.143. The first kappa shape index (κ1) is 28.3. The first-order valence-corrected chi connectivity index (χ1v) is 13.0. The summed E-state index contributed by atoms with van der Waals surface area (Å²) in [5.41, 5.74) is 0. The molecule has 0 aliphatic heterocycles. The van der Waals surface area contributed by atoms with Gasteiger partial charge in [0.25, 0.3) is 0 Å². The normalized spacial score (nSPS) is 12.8. The summed E-state index contributed by atoms with van der Waals surface area (Å²) >= 11 is 0. The van der Waals surface area contributed by atoms with E-state index in [0.29, 0.717) is 25.9 Å². The predicted molar refractivity (Wildman–Crippen MR) is 115 cm³/mol. The average molecular weight is 436 g/mol. The van der Waals surface area contributed by atoms with E-state index in [1.165, 1.54) is 25.7 Å². The molecule has 0 aromatic heterocycles. The second-order valence-electron chi connectivity index (χ2n) is 7.92. The van der Waals surface area contributed by atoms with E-state index < -0.39 is 16.5 Å². The third kappa shape index (κ3) is 21.9. The number of hydrogen-bond acceptors (Lipinski definition) is 6. The van der Waals surface area contributed by atoms with E-state index in [1.54, 1.807) is 0 Å². The minimum atomic E-state index is -4.65. The van der Waals surface area contributed by atoms with Crippen LogP contribution in [0, 0.1) is 0 Å². The minimum Gasteiger partial charge on any atom is -0.726 e. The largest absolute Gasteiger partial charge is 0.726 e. The SMILES string of the molecule is CCCCCCCCCC(CCCCCCCC(=O)OCCCC)OS(=O)(=O)[O-]. The molecule has 0 fully saturated rings. The first-order chi connectivity index (χ1) is 13.9. The number of ether oxygens (including phenoxy) is 1. The highest BCUT2D eigenvalue weighted by Gasteiger charge is 2.12. The number of rotatable bonds is 21. The van der Waals surface area contributed by atoms with E-state index in [1.807, 2.05) is 0 Å². The summed E-state index contributed by atoms with van der Waals surface area (Å²) in [5.74, 6) is -0.123. The standard InChI is InChI=1S/C22H44O6S/c1-3-5-7-8-9-11-14-17-21(28-29(24,25)26)18-15-12-10-13-16-19-22(23)27-20-6-4-2/h21H,3-20H2,1-2H3,(H,24,25,26)/p-1. The molecule has 0 bridgehead atoms. The number of unbranched alkanes of at least 4 members (excludes halogenated alkanes) is 11. The molecule has 0 rings (SSSR count). The fraction of sp³-hybridized carbons (Fsp3) is 0.955. The Labute approximate surface area is 179 Å². The van der Waals surface area contributed by atoms with Gasteiger partial charge < -0.3 is 9.29 Å². The highest BCUT2D eigenvalue weighted by atomic mass is 32.3. The molecule has 0 heterocycles. The lowest BCUT2D eigenvalue weighted by Gasteiger charge is -2.19.